The molecule has 2 aliphatic heterocycles. The van der Waals surface area contributed by atoms with Crippen molar-refractivity contribution in [2.24, 2.45) is 4.99 Å². The lowest BCUT2D eigenvalue weighted by Crippen LogP contribution is -2.28. The number of ether oxygens (including phenoxy) is 1. The molecule has 0 spiro atoms. The Bertz CT molecular complexity index is 3210. The summed E-state index contributed by atoms with van der Waals surface area (Å²) in [7, 11) is 0. The molecule has 3 aromatic heterocycles. The van der Waals surface area contributed by atoms with E-state index in [0.29, 0.717) is 0 Å². The minimum atomic E-state index is -0.450. The van der Waals surface area contributed by atoms with E-state index in [2.05, 4.69) is 148 Å². The molecule has 0 aliphatic carbocycles. The SMILES string of the molecule is c1ccc(-c2cc3c4c(n2)NC(n2c5ccccc5c5cc(-c6ccc7c(c6)c6ccccc6n7-c6ccccc6)ccc52)N=C4c2ccccc2O3)cc1. The number of fused-ring (bicyclic) bond motifs is 8. The van der Waals surface area contributed by atoms with Crippen molar-refractivity contribution in [1.82, 2.24) is 14.1 Å². The van der Waals surface area contributed by atoms with Crippen LogP contribution in [0.15, 0.2) is 181 Å². The van der Waals surface area contributed by atoms with Crippen LogP contribution in [0.1, 0.15) is 17.4 Å². The largest absolute Gasteiger partial charge is 0.456 e. The van der Waals surface area contributed by atoms with Crippen molar-refractivity contribution in [2.45, 2.75) is 6.29 Å². The molecular formula is C49H31N5O. The van der Waals surface area contributed by atoms with Crippen LogP contribution >= 0.6 is 0 Å². The van der Waals surface area contributed by atoms with Gasteiger partial charge in [0.25, 0.3) is 0 Å². The van der Waals surface area contributed by atoms with E-state index in [-0.39, 0.29) is 0 Å². The first-order valence-corrected chi connectivity index (χ1v) is 18.6. The minimum Gasteiger partial charge on any atom is -0.456 e. The number of anilines is 1. The number of para-hydroxylation sites is 4. The van der Waals surface area contributed by atoms with Crippen LogP contribution in [-0.2, 0) is 0 Å². The number of hydrogen-bond donors (Lipinski definition) is 1. The van der Waals surface area contributed by atoms with Gasteiger partial charge in [-0.1, -0.05) is 109 Å². The average Bonchev–Trinajstić information content (AvgIpc) is 3.76. The zero-order chi connectivity index (χ0) is 36.0. The lowest BCUT2D eigenvalue weighted by atomic mass is 9.96. The van der Waals surface area contributed by atoms with Gasteiger partial charge >= 0.3 is 0 Å². The molecule has 0 saturated carbocycles. The Hall–Kier alpha value is -7.44. The van der Waals surface area contributed by atoms with E-state index in [9.17, 15) is 0 Å². The Labute approximate surface area is 316 Å². The van der Waals surface area contributed by atoms with Gasteiger partial charge in [0, 0.05) is 44.4 Å². The molecule has 0 amide bonds. The Morgan fingerprint density at radius 3 is 1.89 bits per heavy atom. The lowest BCUT2D eigenvalue weighted by molar-refractivity contribution is 0.473. The number of hydrogen-bond acceptors (Lipinski definition) is 4. The second kappa shape index (κ2) is 11.5. The predicted octanol–water partition coefficient (Wildman–Crippen LogP) is 12.1. The maximum Gasteiger partial charge on any atom is 0.202 e. The average molecular weight is 706 g/mol. The normalized spacial score (nSPS) is 14.4. The third-order valence-corrected chi connectivity index (χ3v) is 11.1. The Morgan fingerprint density at radius 2 is 1.09 bits per heavy atom. The molecule has 1 atom stereocenters. The fourth-order valence-electron chi connectivity index (χ4n) is 8.68. The molecule has 0 bridgehead atoms. The smallest absolute Gasteiger partial charge is 0.202 e. The van der Waals surface area contributed by atoms with Crippen LogP contribution in [0.5, 0.6) is 11.5 Å². The number of nitrogens with zero attached hydrogens (tertiary/aromatic N) is 4. The van der Waals surface area contributed by atoms with Crippen molar-refractivity contribution in [3.05, 3.63) is 187 Å². The Balaban J connectivity index is 1.03. The highest BCUT2D eigenvalue weighted by Gasteiger charge is 2.34. The summed E-state index contributed by atoms with van der Waals surface area (Å²) in [5, 5.41) is 8.57. The van der Waals surface area contributed by atoms with Crippen molar-refractivity contribution in [3.63, 3.8) is 0 Å². The lowest BCUT2D eigenvalue weighted by Gasteiger charge is -2.32. The fourth-order valence-corrected chi connectivity index (χ4v) is 8.68. The maximum absolute atomic E-state index is 6.51. The summed E-state index contributed by atoms with van der Waals surface area (Å²) in [4.78, 5) is 10.7. The molecule has 1 unspecified atom stereocenters. The fraction of sp³-hybridized carbons (Fsp3) is 0.0204. The van der Waals surface area contributed by atoms with E-state index in [1.54, 1.807) is 0 Å². The molecule has 1 N–H and O–H groups in total. The molecule has 10 aromatic rings. The van der Waals surface area contributed by atoms with Crippen LogP contribution in [0, 0.1) is 0 Å². The summed E-state index contributed by atoms with van der Waals surface area (Å²) >= 11 is 0. The van der Waals surface area contributed by atoms with Crippen molar-refractivity contribution >= 4 is 55.1 Å². The summed E-state index contributed by atoms with van der Waals surface area (Å²) in [6, 6.07) is 62.0. The highest BCUT2D eigenvalue weighted by atomic mass is 16.5. The molecule has 6 heteroatoms. The van der Waals surface area contributed by atoms with Crippen LogP contribution in [0.4, 0.5) is 5.82 Å². The van der Waals surface area contributed by atoms with E-state index >= 15 is 0 Å². The van der Waals surface area contributed by atoms with E-state index in [0.717, 1.165) is 62.1 Å². The predicted molar refractivity (Wildman–Crippen MR) is 224 cm³/mol. The molecule has 12 rings (SSSR count). The van der Waals surface area contributed by atoms with Gasteiger partial charge < -0.3 is 19.2 Å². The van der Waals surface area contributed by atoms with Gasteiger partial charge in [0.15, 0.2) is 0 Å². The quantitative estimate of drug-likeness (QED) is 0.198. The van der Waals surface area contributed by atoms with Gasteiger partial charge in [-0.3, -0.25) is 0 Å². The second-order valence-corrected chi connectivity index (χ2v) is 14.2. The van der Waals surface area contributed by atoms with E-state index in [4.69, 9.17) is 14.7 Å². The van der Waals surface area contributed by atoms with Gasteiger partial charge in [-0.15, -0.1) is 0 Å². The minimum absolute atomic E-state index is 0.450. The molecule has 5 heterocycles. The molecule has 258 valence electrons. The Morgan fingerprint density at radius 1 is 0.491 bits per heavy atom. The molecular weight excluding hydrogens is 675 g/mol. The van der Waals surface area contributed by atoms with E-state index in [1.165, 1.54) is 43.7 Å². The molecule has 0 saturated heterocycles. The van der Waals surface area contributed by atoms with E-state index in [1.807, 2.05) is 42.5 Å². The number of benzene rings is 7. The standard InChI is InChI=1S/C49H31N5O/c1-3-13-30(14-4-1)39-29-45-46-47(36-19-9-12-22-44(36)55-45)51-49(52-48(46)50-39)54-41-21-11-8-18-35(41)38-28-32(24-26-43(38)54)31-23-25-42-37(27-31)34-17-7-10-20-40(34)53(42)33-15-5-2-6-16-33/h1-29,49H,(H,50,52). The highest BCUT2D eigenvalue weighted by Crippen LogP contribution is 2.46. The third kappa shape index (κ3) is 4.49. The second-order valence-electron chi connectivity index (χ2n) is 14.2. The van der Waals surface area contributed by atoms with Gasteiger partial charge in [0.1, 0.15) is 17.3 Å². The van der Waals surface area contributed by atoms with Gasteiger partial charge in [-0.25, -0.2) is 9.98 Å². The Kier molecular flexibility index (Phi) is 6.30. The molecule has 7 aromatic carbocycles. The van der Waals surface area contributed by atoms with Crippen molar-refractivity contribution in [1.29, 1.82) is 0 Å². The summed E-state index contributed by atoms with van der Waals surface area (Å²) in [6.07, 6.45) is -0.450. The van der Waals surface area contributed by atoms with Gasteiger partial charge in [-0.2, -0.15) is 0 Å². The van der Waals surface area contributed by atoms with Crippen LogP contribution in [-0.4, -0.2) is 19.8 Å². The first-order valence-electron chi connectivity index (χ1n) is 18.6. The summed E-state index contributed by atoms with van der Waals surface area (Å²) < 4.78 is 11.2. The monoisotopic (exact) mass is 705 g/mol. The summed E-state index contributed by atoms with van der Waals surface area (Å²) in [6.45, 7) is 0. The van der Waals surface area contributed by atoms with Crippen LogP contribution < -0.4 is 10.1 Å². The molecule has 55 heavy (non-hydrogen) atoms. The molecule has 6 nitrogen and oxygen atoms in total. The number of nitrogens with one attached hydrogen (secondary N) is 1. The first-order chi connectivity index (χ1) is 27.3. The zero-order valence-electron chi connectivity index (χ0n) is 29.5. The highest BCUT2D eigenvalue weighted by molar-refractivity contribution is 6.21. The first kappa shape index (κ1) is 30.1. The molecule has 0 fully saturated rings. The number of rotatable bonds is 4. The summed E-state index contributed by atoms with van der Waals surface area (Å²) in [5.74, 6) is 2.30. The number of pyridine rings is 1. The number of aliphatic imine (C=N–C) groups is 1. The van der Waals surface area contributed by atoms with Crippen LogP contribution in [0.2, 0.25) is 0 Å². The van der Waals surface area contributed by atoms with E-state index < -0.39 is 6.29 Å². The van der Waals surface area contributed by atoms with Gasteiger partial charge in [-0.05, 0) is 71.8 Å². The van der Waals surface area contributed by atoms with Gasteiger partial charge in [0.05, 0.1) is 39.0 Å². The number of aromatic nitrogens is 3. The van der Waals surface area contributed by atoms with Gasteiger partial charge in [0.2, 0.25) is 6.29 Å². The molecule has 0 radical (unpaired) electrons. The van der Waals surface area contributed by atoms with Crippen molar-refractivity contribution in [2.75, 3.05) is 5.32 Å². The van der Waals surface area contributed by atoms with Crippen LogP contribution in [0.3, 0.4) is 0 Å². The van der Waals surface area contributed by atoms with Crippen LogP contribution in [0.25, 0.3) is 71.7 Å². The zero-order valence-corrected chi connectivity index (χ0v) is 29.5. The van der Waals surface area contributed by atoms with Crippen molar-refractivity contribution in [3.8, 4) is 39.6 Å². The molecule has 2 aliphatic rings. The third-order valence-electron chi connectivity index (χ3n) is 11.1. The topological polar surface area (TPSA) is 56.4 Å². The van der Waals surface area contributed by atoms with Crippen molar-refractivity contribution < 1.29 is 4.74 Å². The maximum atomic E-state index is 6.51. The summed E-state index contributed by atoms with van der Waals surface area (Å²) in [5.41, 5.74) is 12.7.